The first-order chi connectivity index (χ1) is 14.1. The lowest BCUT2D eigenvalue weighted by Crippen LogP contribution is -2.32. The van der Waals surface area contributed by atoms with E-state index in [0.717, 1.165) is 11.1 Å². The van der Waals surface area contributed by atoms with Gasteiger partial charge in [-0.1, -0.05) is 29.8 Å². The summed E-state index contributed by atoms with van der Waals surface area (Å²) in [5.74, 6) is 0.196. The molecule has 0 aliphatic rings. The molecule has 3 rings (SSSR count). The highest BCUT2D eigenvalue weighted by atomic mass is 32.2. The predicted octanol–water partition coefficient (Wildman–Crippen LogP) is 3.87. The molecule has 0 spiro atoms. The van der Waals surface area contributed by atoms with Crippen LogP contribution in [0, 0.1) is 13.8 Å². The van der Waals surface area contributed by atoms with E-state index in [1.807, 2.05) is 6.92 Å². The molecule has 0 amide bonds. The van der Waals surface area contributed by atoms with Gasteiger partial charge in [0.1, 0.15) is 15.9 Å². The predicted molar refractivity (Wildman–Crippen MR) is 118 cm³/mol. The minimum Gasteiger partial charge on any atom is -0.495 e. The van der Waals surface area contributed by atoms with Crippen molar-refractivity contribution in [2.24, 2.45) is 0 Å². The molecule has 160 valence electrons. The van der Waals surface area contributed by atoms with E-state index in [2.05, 4.69) is 4.72 Å². The molecule has 0 saturated carbocycles. The smallest absolute Gasteiger partial charge is 0.244 e. The third kappa shape index (κ3) is 4.75. The Kier molecular flexibility index (Phi) is 6.66. The third-order valence-electron chi connectivity index (χ3n) is 4.65. The van der Waals surface area contributed by atoms with Crippen molar-refractivity contribution in [3.63, 3.8) is 0 Å². The number of aryl methyl sites for hydroxylation is 2. The highest BCUT2D eigenvalue weighted by Gasteiger charge is 2.32. The van der Waals surface area contributed by atoms with Crippen LogP contribution < -0.4 is 9.46 Å². The third-order valence-corrected chi connectivity index (χ3v) is 9.33. The fraction of sp³-hybridized carbons (Fsp3) is 0.238. The molecule has 3 aromatic rings. The maximum atomic E-state index is 13.3. The molecule has 2 aromatic carbocycles. The van der Waals surface area contributed by atoms with Crippen LogP contribution in [0.1, 0.15) is 21.3 Å². The zero-order valence-electron chi connectivity index (χ0n) is 16.8. The van der Waals surface area contributed by atoms with Gasteiger partial charge >= 0.3 is 0 Å². The number of hydrogen-bond donors (Lipinski definition) is 1. The molecule has 0 aliphatic carbocycles. The maximum absolute atomic E-state index is 13.3. The molecule has 0 aliphatic heterocycles. The number of benzene rings is 2. The molecule has 9 heteroatoms. The molecule has 0 saturated heterocycles. The monoisotopic (exact) mass is 465 g/mol. The van der Waals surface area contributed by atoms with Gasteiger partial charge in [-0.25, -0.2) is 21.6 Å². The minimum atomic E-state index is -4.00. The van der Waals surface area contributed by atoms with Crippen LogP contribution >= 0.6 is 11.3 Å². The summed E-state index contributed by atoms with van der Waals surface area (Å²) in [6, 6.07) is 14.8. The van der Waals surface area contributed by atoms with Crippen LogP contribution in [0.5, 0.6) is 5.75 Å². The molecule has 0 unspecified atom stereocenters. The molecule has 0 radical (unpaired) electrons. The molecule has 1 aromatic heterocycles. The SMILES string of the molecule is COc1ccc(C)cc1S(=O)(=O)NC[C@H](c1cccs1)S(=O)(=O)c1ccc(C)cc1. The van der Waals surface area contributed by atoms with Gasteiger partial charge in [-0.15, -0.1) is 11.3 Å². The van der Waals surface area contributed by atoms with E-state index in [1.165, 1.54) is 24.5 Å². The first kappa shape index (κ1) is 22.5. The molecule has 6 nitrogen and oxygen atoms in total. The summed E-state index contributed by atoms with van der Waals surface area (Å²) in [5, 5.41) is 0.719. The van der Waals surface area contributed by atoms with Gasteiger partial charge in [-0.3, -0.25) is 0 Å². The summed E-state index contributed by atoms with van der Waals surface area (Å²) in [6.45, 7) is 3.35. The molecule has 30 heavy (non-hydrogen) atoms. The van der Waals surface area contributed by atoms with Gasteiger partial charge < -0.3 is 4.74 Å². The lowest BCUT2D eigenvalue weighted by atomic mass is 10.2. The number of thiophene rings is 1. The Labute approximate surface area is 181 Å². The van der Waals surface area contributed by atoms with Crippen molar-refractivity contribution >= 4 is 31.2 Å². The van der Waals surface area contributed by atoms with E-state index in [-0.39, 0.29) is 22.1 Å². The number of sulfonamides is 1. The van der Waals surface area contributed by atoms with Gasteiger partial charge in [-0.2, -0.15) is 0 Å². The lowest BCUT2D eigenvalue weighted by Gasteiger charge is -2.18. The standard InChI is InChI=1S/C21H23NO5S3/c1-15-6-9-17(10-7-15)29(23,24)21(19-5-4-12-28-19)14-22-30(25,26)20-13-16(2)8-11-18(20)27-3/h4-13,21-22H,14H2,1-3H3/t21-/m1/s1. The Morgan fingerprint density at radius 2 is 1.63 bits per heavy atom. The second-order valence-corrected chi connectivity index (χ2v) is 11.7. The minimum absolute atomic E-state index is 0.0253. The van der Waals surface area contributed by atoms with E-state index in [9.17, 15) is 16.8 Å². The summed E-state index contributed by atoms with van der Waals surface area (Å²) in [6.07, 6.45) is 0. The van der Waals surface area contributed by atoms with Crippen LogP contribution in [-0.2, 0) is 19.9 Å². The Balaban J connectivity index is 1.96. The molecule has 0 fully saturated rings. The van der Waals surface area contributed by atoms with E-state index >= 15 is 0 Å². The van der Waals surface area contributed by atoms with Gasteiger partial charge in [-0.05, 0) is 55.1 Å². The lowest BCUT2D eigenvalue weighted by molar-refractivity contribution is 0.402. The molecule has 0 bridgehead atoms. The molecular formula is C21H23NO5S3. The summed E-state index contributed by atoms with van der Waals surface area (Å²) < 4.78 is 60.2. The molecule has 1 atom stereocenters. The van der Waals surface area contributed by atoms with Crippen LogP contribution in [0.3, 0.4) is 0 Å². The van der Waals surface area contributed by atoms with E-state index in [0.29, 0.717) is 4.88 Å². The zero-order valence-corrected chi connectivity index (χ0v) is 19.3. The maximum Gasteiger partial charge on any atom is 0.244 e. The Hall–Kier alpha value is -2.20. The Morgan fingerprint density at radius 1 is 0.967 bits per heavy atom. The van der Waals surface area contributed by atoms with Crippen molar-refractivity contribution < 1.29 is 21.6 Å². The number of nitrogens with one attached hydrogen (secondary N) is 1. The first-order valence-corrected chi connectivity index (χ1v) is 13.0. The summed E-state index contributed by atoms with van der Waals surface area (Å²) in [4.78, 5) is 0.691. The first-order valence-electron chi connectivity index (χ1n) is 9.13. The highest BCUT2D eigenvalue weighted by molar-refractivity contribution is 7.92. The number of rotatable bonds is 8. The topological polar surface area (TPSA) is 89.5 Å². The van der Waals surface area contributed by atoms with Gasteiger partial charge in [0, 0.05) is 11.4 Å². The molecule has 1 heterocycles. The van der Waals surface area contributed by atoms with Gasteiger partial charge in [0.15, 0.2) is 9.84 Å². The van der Waals surface area contributed by atoms with Crippen molar-refractivity contribution in [2.45, 2.75) is 28.9 Å². The highest BCUT2D eigenvalue weighted by Crippen LogP contribution is 2.32. The Morgan fingerprint density at radius 3 is 2.23 bits per heavy atom. The van der Waals surface area contributed by atoms with E-state index < -0.39 is 25.1 Å². The largest absolute Gasteiger partial charge is 0.495 e. The van der Waals surface area contributed by atoms with Crippen LogP contribution in [0.15, 0.2) is 69.8 Å². The zero-order chi connectivity index (χ0) is 21.9. The fourth-order valence-electron chi connectivity index (χ4n) is 2.99. The van der Waals surface area contributed by atoms with Crippen molar-refractivity contribution in [3.8, 4) is 5.75 Å². The van der Waals surface area contributed by atoms with Crippen LogP contribution in [0.2, 0.25) is 0 Å². The van der Waals surface area contributed by atoms with Crippen LogP contribution in [0.25, 0.3) is 0 Å². The summed E-state index contributed by atoms with van der Waals surface area (Å²) >= 11 is 1.27. The summed E-state index contributed by atoms with van der Waals surface area (Å²) in [7, 11) is -6.42. The van der Waals surface area contributed by atoms with Crippen molar-refractivity contribution in [1.82, 2.24) is 4.72 Å². The number of ether oxygens (including phenoxy) is 1. The summed E-state index contributed by atoms with van der Waals surface area (Å²) in [5.41, 5.74) is 1.69. The Bertz CT molecular complexity index is 1220. The quantitative estimate of drug-likeness (QED) is 0.546. The number of sulfone groups is 1. The number of hydrogen-bond acceptors (Lipinski definition) is 6. The normalized spacial score (nSPS) is 13.2. The second kappa shape index (κ2) is 8.89. The molecule has 1 N–H and O–H groups in total. The number of methoxy groups -OCH3 is 1. The van der Waals surface area contributed by atoms with Crippen molar-refractivity contribution in [3.05, 3.63) is 76.0 Å². The average Bonchev–Trinajstić information content (AvgIpc) is 3.22. The van der Waals surface area contributed by atoms with Gasteiger partial charge in [0.05, 0.1) is 12.0 Å². The van der Waals surface area contributed by atoms with Crippen molar-refractivity contribution in [1.29, 1.82) is 0 Å². The molecular weight excluding hydrogens is 442 g/mol. The van der Waals surface area contributed by atoms with Crippen LogP contribution in [-0.4, -0.2) is 30.5 Å². The van der Waals surface area contributed by atoms with Gasteiger partial charge in [0.2, 0.25) is 10.0 Å². The van der Waals surface area contributed by atoms with E-state index in [1.54, 1.807) is 60.8 Å². The van der Waals surface area contributed by atoms with E-state index in [4.69, 9.17) is 4.74 Å². The average molecular weight is 466 g/mol. The van der Waals surface area contributed by atoms with Gasteiger partial charge in [0.25, 0.3) is 0 Å². The van der Waals surface area contributed by atoms with Crippen molar-refractivity contribution in [2.75, 3.05) is 13.7 Å². The van der Waals surface area contributed by atoms with Crippen LogP contribution in [0.4, 0.5) is 0 Å². The fourth-order valence-corrected chi connectivity index (χ4v) is 7.18. The second-order valence-electron chi connectivity index (χ2n) is 6.87.